The number of anilines is 1. The molecule has 0 spiro atoms. The second-order valence-corrected chi connectivity index (χ2v) is 15.9. The van der Waals surface area contributed by atoms with E-state index in [4.69, 9.17) is 9.57 Å². The third-order valence-corrected chi connectivity index (χ3v) is 11.7. The lowest BCUT2D eigenvalue weighted by Gasteiger charge is -2.50. The number of thiazole rings is 1. The van der Waals surface area contributed by atoms with Crippen molar-refractivity contribution in [3.05, 3.63) is 39.9 Å². The molecular weight excluding hydrogens is 572 g/mol. The Bertz CT molecular complexity index is 1440. The van der Waals surface area contributed by atoms with Crippen molar-refractivity contribution in [1.29, 1.82) is 0 Å². The Labute approximate surface area is 265 Å². The summed E-state index contributed by atoms with van der Waals surface area (Å²) >= 11 is 1.51. The van der Waals surface area contributed by atoms with Gasteiger partial charge in [0.1, 0.15) is 18.9 Å². The Morgan fingerprint density at radius 2 is 2.05 bits per heavy atom. The van der Waals surface area contributed by atoms with Crippen molar-refractivity contribution >= 4 is 34.1 Å². The van der Waals surface area contributed by atoms with Crippen molar-refractivity contribution in [1.82, 2.24) is 10.3 Å². The molecule has 0 radical (unpaired) electrons. The summed E-state index contributed by atoms with van der Waals surface area (Å²) in [4.78, 5) is 36.8. The maximum atomic E-state index is 13.0. The summed E-state index contributed by atoms with van der Waals surface area (Å²) in [6.07, 6.45) is 10.0. The van der Waals surface area contributed by atoms with Crippen LogP contribution >= 0.6 is 11.3 Å². The summed E-state index contributed by atoms with van der Waals surface area (Å²) in [5.41, 5.74) is 4.83. The Morgan fingerprint density at radius 3 is 2.73 bits per heavy atom. The minimum absolute atomic E-state index is 0.0289. The van der Waals surface area contributed by atoms with Gasteiger partial charge >= 0.3 is 5.97 Å². The zero-order chi connectivity index (χ0) is 31.2. The fourth-order valence-electron chi connectivity index (χ4n) is 8.84. The maximum absolute atomic E-state index is 13.0. The molecule has 1 aromatic carbocycles. The number of aryl methyl sites for hydroxylation is 2. The summed E-state index contributed by atoms with van der Waals surface area (Å²) < 4.78 is 6.13. The van der Waals surface area contributed by atoms with Crippen LogP contribution in [0, 0.1) is 30.1 Å². The van der Waals surface area contributed by atoms with E-state index in [9.17, 15) is 9.59 Å². The van der Waals surface area contributed by atoms with Crippen LogP contribution in [-0.2, 0) is 26.3 Å². The molecule has 8 nitrogen and oxygen atoms in total. The van der Waals surface area contributed by atoms with Crippen LogP contribution in [0.1, 0.15) is 107 Å². The second-order valence-electron chi connectivity index (χ2n) is 14.7. The van der Waals surface area contributed by atoms with Crippen molar-refractivity contribution < 1.29 is 19.2 Å². The number of esters is 1. The normalized spacial score (nSPS) is 30.4. The van der Waals surface area contributed by atoms with E-state index in [2.05, 4.69) is 60.6 Å². The maximum Gasteiger partial charge on any atom is 0.328 e. The van der Waals surface area contributed by atoms with Gasteiger partial charge in [-0.2, -0.15) is 0 Å². The fraction of sp³-hybridized carbons (Fsp3) is 0.657. The van der Waals surface area contributed by atoms with Crippen LogP contribution in [-0.4, -0.2) is 42.3 Å². The van der Waals surface area contributed by atoms with E-state index in [1.54, 1.807) is 13.3 Å². The first-order valence-corrected chi connectivity index (χ1v) is 17.2. The lowest BCUT2D eigenvalue weighted by atomic mass is 9.53. The molecule has 6 atom stereocenters. The van der Waals surface area contributed by atoms with Gasteiger partial charge in [0.25, 0.3) is 0 Å². The van der Waals surface area contributed by atoms with Crippen molar-refractivity contribution in [3.63, 3.8) is 0 Å². The number of hydrogen-bond acceptors (Lipinski definition) is 8. The topological polar surface area (TPSA) is 102 Å². The molecule has 2 aromatic rings. The zero-order valence-corrected chi connectivity index (χ0v) is 27.9. The van der Waals surface area contributed by atoms with E-state index in [-0.39, 0.29) is 28.7 Å². The summed E-state index contributed by atoms with van der Waals surface area (Å²) in [5.74, 6) is 2.34. The van der Waals surface area contributed by atoms with Gasteiger partial charge in [-0.05, 0) is 111 Å². The van der Waals surface area contributed by atoms with Crippen LogP contribution in [0.25, 0.3) is 0 Å². The molecule has 1 aliphatic heterocycles. The Kier molecular flexibility index (Phi) is 8.65. The molecule has 2 saturated carbocycles. The highest BCUT2D eigenvalue weighted by atomic mass is 32.1. The monoisotopic (exact) mass is 620 g/mol. The van der Waals surface area contributed by atoms with Gasteiger partial charge in [-0.15, -0.1) is 11.3 Å². The first-order chi connectivity index (χ1) is 21.0. The number of nitrogens with zero attached hydrogens (tertiary/aromatic N) is 2. The zero-order valence-electron chi connectivity index (χ0n) is 27.1. The fourth-order valence-corrected chi connectivity index (χ4v) is 9.52. The average Bonchev–Trinajstić information content (AvgIpc) is 3.71. The number of ether oxygens (including phenoxy) is 1. The predicted octanol–water partition coefficient (Wildman–Crippen LogP) is 6.91. The van der Waals surface area contributed by atoms with Gasteiger partial charge in [-0.3, -0.25) is 4.79 Å². The van der Waals surface area contributed by atoms with Gasteiger partial charge in [0, 0.05) is 28.5 Å². The van der Waals surface area contributed by atoms with E-state index in [1.165, 1.54) is 22.5 Å². The highest BCUT2D eigenvalue weighted by Gasteiger charge is 2.57. The van der Waals surface area contributed by atoms with E-state index in [0.717, 1.165) is 79.8 Å². The number of fused-ring (bicyclic) bond motifs is 5. The van der Waals surface area contributed by atoms with E-state index >= 15 is 0 Å². The van der Waals surface area contributed by atoms with Gasteiger partial charge in [0.2, 0.25) is 5.91 Å². The first kappa shape index (κ1) is 31.2. The van der Waals surface area contributed by atoms with E-state index in [0.29, 0.717) is 35.2 Å². The molecule has 1 saturated heterocycles. The number of carbonyl (C=O) groups is 2. The van der Waals surface area contributed by atoms with E-state index in [1.807, 2.05) is 6.92 Å². The molecule has 2 N–H and O–H groups in total. The van der Waals surface area contributed by atoms with E-state index < -0.39 is 0 Å². The van der Waals surface area contributed by atoms with Crippen LogP contribution in [0.3, 0.4) is 0 Å². The second kappa shape index (κ2) is 12.2. The lowest BCUT2D eigenvalue weighted by molar-refractivity contribution is -0.136. The molecule has 1 aromatic heterocycles. The summed E-state index contributed by atoms with van der Waals surface area (Å²) in [6, 6.07) is 4.34. The number of rotatable bonds is 7. The van der Waals surface area contributed by atoms with Crippen molar-refractivity contribution in [3.8, 4) is 5.75 Å². The van der Waals surface area contributed by atoms with Crippen molar-refractivity contribution in [2.24, 2.45) is 28.3 Å². The SMILES string of the molecule is CO/N=C1\C[C@@H](CCC(=O)Nc2ncc(C)s2)C2C3CCc4cc(OC(=O)C5CCCN5)c(C(C)(C)C)cc4C3CC[C@]12C. The van der Waals surface area contributed by atoms with Crippen LogP contribution in [0.5, 0.6) is 5.75 Å². The Morgan fingerprint density at radius 1 is 1.23 bits per heavy atom. The first-order valence-electron chi connectivity index (χ1n) is 16.4. The molecule has 0 bridgehead atoms. The Balaban J connectivity index is 1.27. The Hall–Kier alpha value is -2.78. The standard InChI is InChI=1S/C35H48N4O4S/c1-20-19-37-33(44-20)38-30(40)12-10-22-17-29(39-42-6)35(5)14-13-23-24(31(22)35)11-9-21-16-28(26(18-25(21)23)34(2,3)4)43-32(41)27-8-7-15-36-27/h16,18-19,22-24,27,31,36H,7-15,17H2,1-6H3,(H,37,38,40)/b39-29+/t22-,23?,24?,27?,31?,35-/m1/s1. The van der Waals surface area contributed by atoms with Gasteiger partial charge in [0.15, 0.2) is 5.13 Å². The molecule has 2 heterocycles. The number of carbonyl (C=O) groups excluding carboxylic acids is 2. The molecule has 4 aliphatic rings. The number of amides is 1. The number of hydrogen-bond donors (Lipinski definition) is 2. The molecule has 44 heavy (non-hydrogen) atoms. The van der Waals surface area contributed by atoms with Gasteiger partial charge in [-0.1, -0.05) is 38.9 Å². The molecule has 6 rings (SSSR count). The molecule has 4 unspecified atom stereocenters. The molecule has 3 fully saturated rings. The van der Waals surface area contributed by atoms with Crippen LogP contribution in [0.2, 0.25) is 0 Å². The third-order valence-electron chi connectivity index (χ3n) is 10.9. The highest BCUT2D eigenvalue weighted by molar-refractivity contribution is 7.15. The van der Waals surface area contributed by atoms with Crippen molar-refractivity contribution in [2.45, 2.75) is 110 Å². The minimum Gasteiger partial charge on any atom is -0.425 e. The number of nitrogens with one attached hydrogen (secondary N) is 2. The van der Waals surface area contributed by atoms with Gasteiger partial charge in [0.05, 0.1) is 5.71 Å². The predicted molar refractivity (Wildman–Crippen MR) is 174 cm³/mol. The van der Waals surface area contributed by atoms with Gasteiger partial charge < -0.3 is 20.2 Å². The third kappa shape index (κ3) is 5.94. The number of oxime groups is 1. The van der Waals surface area contributed by atoms with Gasteiger partial charge in [-0.25, -0.2) is 9.78 Å². The molecule has 238 valence electrons. The molecular formula is C35H48N4O4S. The highest BCUT2D eigenvalue weighted by Crippen LogP contribution is 2.63. The lowest BCUT2D eigenvalue weighted by Crippen LogP contribution is -2.44. The summed E-state index contributed by atoms with van der Waals surface area (Å²) in [7, 11) is 1.64. The minimum atomic E-state index is -0.214. The quantitative estimate of drug-likeness (QED) is 0.198. The average molecular weight is 621 g/mol. The largest absolute Gasteiger partial charge is 0.425 e. The van der Waals surface area contributed by atoms with Crippen LogP contribution < -0.4 is 15.4 Å². The molecule has 3 aliphatic carbocycles. The smallest absolute Gasteiger partial charge is 0.328 e. The van der Waals surface area contributed by atoms with Crippen LogP contribution in [0.15, 0.2) is 23.5 Å². The molecule has 9 heteroatoms. The number of aromatic nitrogens is 1. The number of benzene rings is 1. The summed E-state index contributed by atoms with van der Waals surface area (Å²) in [5, 5.41) is 11.5. The molecule has 1 amide bonds. The van der Waals surface area contributed by atoms with Crippen molar-refractivity contribution in [2.75, 3.05) is 19.0 Å². The summed E-state index contributed by atoms with van der Waals surface area (Å²) in [6.45, 7) is 11.9. The van der Waals surface area contributed by atoms with Crippen LogP contribution in [0.4, 0.5) is 5.13 Å².